The van der Waals surface area contributed by atoms with Crippen LogP contribution in [0.5, 0.6) is 5.75 Å². The monoisotopic (exact) mass is 208 g/mol. The van der Waals surface area contributed by atoms with Crippen LogP contribution < -0.4 is 10.5 Å². The molecule has 3 nitrogen and oxygen atoms in total. The lowest BCUT2D eigenvalue weighted by Gasteiger charge is -2.07. The van der Waals surface area contributed by atoms with Crippen molar-refractivity contribution in [2.75, 3.05) is 11.8 Å². The molecule has 0 spiro atoms. The van der Waals surface area contributed by atoms with Gasteiger partial charge in [0.15, 0.2) is 6.07 Å². The molecule has 0 amide bonds. The summed E-state index contributed by atoms with van der Waals surface area (Å²) in [6.45, 7) is 0. The van der Waals surface area contributed by atoms with Gasteiger partial charge in [-0.15, -0.1) is 0 Å². The number of hydrogen-bond acceptors (Lipinski definition) is 3. The minimum absolute atomic E-state index is 0.0924. The highest BCUT2D eigenvalue weighted by atomic mass is 35.5. The van der Waals surface area contributed by atoms with Gasteiger partial charge in [0.2, 0.25) is 0 Å². The molecule has 0 aliphatic carbocycles. The van der Waals surface area contributed by atoms with Crippen LogP contribution in [0.4, 0.5) is 5.69 Å². The van der Waals surface area contributed by atoms with Crippen LogP contribution in [-0.2, 0) is 0 Å². The minimum atomic E-state index is 0.0924. The Hall–Kier alpha value is -1.48. The number of nitrogens with zero attached hydrogens (tertiary/aromatic N) is 1. The molecular weight excluding hydrogens is 200 g/mol. The Morgan fingerprint density at radius 3 is 3.00 bits per heavy atom. The maximum Gasteiger partial charge on any atom is 0.162 e. The molecule has 0 saturated heterocycles. The van der Waals surface area contributed by atoms with Gasteiger partial charge in [0.05, 0.1) is 6.20 Å². The van der Waals surface area contributed by atoms with Gasteiger partial charge in [-0.05, 0) is 6.07 Å². The number of alkyl halides is 1. The topological polar surface area (TPSA) is 48.1 Å². The largest absolute Gasteiger partial charge is 0.476 e. The quantitative estimate of drug-likeness (QED) is 0.609. The van der Waals surface area contributed by atoms with Gasteiger partial charge < -0.3 is 10.5 Å². The maximum atomic E-state index is 5.84. The zero-order chi connectivity index (χ0) is 9.97. The molecule has 0 fully saturated rings. The van der Waals surface area contributed by atoms with E-state index >= 15 is 0 Å². The first-order chi connectivity index (χ1) is 6.83. The molecule has 0 saturated carbocycles. The van der Waals surface area contributed by atoms with Crippen LogP contribution in [0, 0.1) is 0 Å². The fraction of sp³-hybridized carbons (Fsp3) is 0.100. The molecule has 14 heavy (non-hydrogen) atoms. The summed E-state index contributed by atoms with van der Waals surface area (Å²) in [5, 5.41) is 1.82. The predicted molar refractivity (Wildman–Crippen MR) is 57.5 cm³/mol. The average molecular weight is 209 g/mol. The first-order valence-electron chi connectivity index (χ1n) is 4.14. The fourth-order valence-corrected chi connectivity index (χ4v) is 1.52. The number of benzene rings is 1. The third-order valence-electron chi connectivity index (χ3n) is 1.99. The Balaban J connectivity index is 2.71. The second-order valence-electron chi connectivity index (χ2n) is 2.84. The fourth-order valence-electron chi connectivity index (χ4n) is 1.40. The first kappa shape index (κ1) is 9.09. The van der Waals surface area contributed by atoms with Crippen molar-refractivity contribution >= 4 is 28.1 Å². The van der Waals surface area contributed by atoms with Crippen LogP contribution in [0.25, 0.3) is 10.8 Å². The Morgan fingerprint density at radius 2 is 2.21 bits per heavy atom. The summed E-state index contributed by atoms with van der Waals surface area (Å²) in [6.07, 6.45) is 3.36. The van der Waals surface area contributed by atoms with E-state index in [4.69, 9.17) is 22.1 Å². The van der Waals surface area contributed by atoms with Crippen molar-refractivity contribution in [2.24, 2.45) is 0 Å². The second kappa shape index (κ2) is 3.72. The summed E-state index contributed by atoms with van der Waals surface area (Å²) in [7, 11) is 0. The summed E-state index contributed by atoms with van der Waals surface area (Å²) in [5.41, 5.74) is 6.51. The average Bonchev–Trinajstić information content (AvgIpc) is 2.19. The number of hydrogen-bond donors (Lipinski definition) is 1. The summed E-state index contributed by atoms with van der Waals surface area (Å²) < 4.78 is 5.22. The number of fused-ring (bicyclic) bond motifs is 1. The standard InChI is InChI=1S/C10H9ClN2O/c11-6-14-9-5-13-4-7-2-1-3-8(12)10(7)9/h1-5H,6,12H2. The number of aromatic nitrogens is 1. The molecular formula is C10H9ClN2O. The molecule has 72 valence electrons. The molecule has 0 bridgehead atoms. The normalized spacial score (nSPS) is 10.4. The Kier molecular flexibility index (Phi) is 2.41. The number of rotatable bonds is 2. The van der Waals surface area contributed by atoms with Crippen molar-refractivity contribution in [1.29, 1.82) is 0 Å². The van der Waals surface area contributed by atoms with E-state index < -0.39 is 0 Å². The molecule has 4 heteroatoms. The van der Waals surface area contributed by atoms with Gasteiger partial charge in [0.25, 0.3) is 0 Å². The van der Waals surface area contributed by atoms with Gasteiger partial charge in [0, 0.05) is 22.7 Å². The van der Waals surface area contributed by atoms with Crippen molar-refractivity contribution in [2.45, 2.75) is 0 Å². The second-order valence-corrected chi connectivity index (χ2v) is 3.05. The van der Waals surface area contributed by atoms with E-state index in [0.717, 1.165) is 10.8 Å². The van der Waals surface area contributed by atoms with Gasteiger partial charge in [-0.3, -0.25) is 4.98 Å². The molecule has 1 heterocycles. The van der Waals surface area contributed by atoms with Crippen molar-refractivity contribution < 1.29 is 4.74 Å². The summed E-state index contributed by atoms with van der Waals surface area (Å²) in [6, 6.07) is 5.72. The van der Waals surface area contributed by atoms with E-state index in [0.29, 0.717) is 11.4 Å². The van der Waals surface area contributed by atoms with Gasteiger partial charge in [-0.2, -0.15) is 0 Å². The number of pyridine rings is 1. The van der Waals surface area contributed by atoms with E-state index in [1.807, 2.05) is 18.2 Å². The lowest BCUT2D eigenvalue weighted by atomic mass is 10.1. The van der Waals surface area contributed by atoms with Crippen LogP contribution >= 0.6 is 11.6 Å². The van der Waals surface area contributed by atoms with E-state index in [1.54, 1.807) is 12.4 Å². The molecule has 0 atom stereocenters. The highest BCUT2D eigenvalue weighted by Crippen LogP contribution is 2.29. The van der Waals surface area contributed by atoms with Crippen molar-refractivity contribution in [3.8, 4) is 5.75 Å². The van der Waals surface area contributed by atoms with Crippen molar-refractivity contribution in [3.05, 3.63) is 30.6 Å². The van der Waals surface area contributed by atoms with Crippen LogP contribution in [0.15, 0.2) is 30.6 Å². The number of nitrogens with two attached hydrogens (primary N) is 1. The SMILES string of the molecule is Nc1cccc2cncc(OCCl)c12. The summed E-state index contributed by atoms with van der Waals surface area (Å²) in [4.78, 5) is 4.03. The third-order valence-corrected chi connectivity index (χ3v) is 2.10. The zero-order valence-electron chi connectivity index (χ0n) is 7.40. The first-order valence-corrected chi connectivity index (χ1v) is 4.67. The highest BCUT2D eigenvalue weighted by molar-refractivity contribution is 6.17. The van der Waals surface area contributed by atoms with Gasteiger partial charge >= 0.3 is 0 Å². The van der Waals surface area contributed by atoms with Crippen LogP contribution in [0.3, 0.4) is 0 Å². The molecule has 0 unspecified atom stereocenters. The summed E-state index contributed by atoms with van der Waals surface area (Å²) in [5.74, 6) is 0.621. The molecule has 2 aromatic rings. The van der Waals surface area contributed by atoms with Crippen molar-refractivity contribution in [1.82, 2.24) is 4.98 Å². The van der Waals surface area contributed by atoms with Gasteiger partial charge in [-0.1, -0.05) is 23.7 Å². The maximum absolute atomic E-state index is 5.84. The lowest BCUT2D eigenvalue weighted by Crippen LogP contribution is -1.94. The van der Waals surface area contributed by atoms with Crippen molar-refractivity contribution in [3.63, 3.8) is 0 Å². The number of ether oxygens (including phenoxy) is 1. The highest BCUT2D eigenvalue weighted by Gasteiger charge is 2.04. The lowest BCUT2D eigenvalue weighted by molar-refractivity contribution is 0.391. The predicted octanol–water partition coefficient (Wildman–Crippen LogP) is 2.39. The zero-order valence-corrected chi connectivity index (χ0v) is 8.16. The number of anilines is 1. The molecule has 1 aromatic heterocycles. The van der Waals surface area contributed by atoms with E-state index in [-0.39, 0.29) is 6.07 Å². The molecule has 0 aliphatic rings. The molecule has 0 radical (unpaired) electrons. The van der Waals surface area contributed by atoms with Crippen LogP contribution in [-0.4, -0.2) is 11.1 Å². The third kappa shape index (κ3) is 1.46. The van der Waals surface area contributed by atoms with E-state index in [1.165, 1.54) is 0 Å². The van der Waals surface area contributed by atoms with E-state index in [2.05, 4.69) is 4.98 Å². The van der Waals surface area contributed by atoms with Gasteiger partial charge in [-0.25, -0.2) is 0 Å². The Bertz CT molecular complexity index is 454. The Morgan fingerprint density at radius 1 is 1.36 bits per heavy atom. The minimum Gasteiger partial charge on any atom is -0.476 e. The van der Waals surface area contributed by atoms with Crippen LogP contribution in [0.2, 0.25) is 0 Å². The molecule has 0 aliphatic heterocycles. The van der Waals surface area contributed by atoms with E-state index in [9.17, 15) is 0 Å². The Labute approximate surface area is 86.5 Å². The molecule has 1 aromatic carbocycles. The van der Waals surface area contributed by atoms with Crippen LogP contribution in [0.1, 0.15) is 0 Å². The number of halogens is 1. The smallest absolute Gasteiger partial charge is 0.162 e. The molecule has 2 rings (SSSR count). The molecule has 2 N–H and O–H groups in total. The van der Waals surface area contributed by atoms with Gasteiger partial charge in [0.1, 0.15) is 5.75 Å². The summed E-state index contributed by atoms with van der Waals surface area (Å²) >= 11 is 5.50. The number of nitrogen functional groups attached to an aromatic ring is 1.